The zero-order chi connectivity index (χ0) is 26.5. The zero-order valence-corrected chi connectivity index (χ0v) is 22.2. The first-order chi connectivity index (χ1) is 18.3. The fourth-order valence-electron chi connectivity index (χ4n) is 6.01. The number of nitriles is 1. The van der Waals surface area contributed by atoms with Crippen LogP contribution in [0.5, 0.6) is 0 Å². The molecule has 3 aromatic rings. The second-order valence-electron chi connectivity index (χ2n) is 10.2. The number of anilines is 2. The fraction of sp³-hybridized carbons (Fsp3) is 0.310. The zero-order valence-electron chi connectivity index (χ0n) is 20.6. The lowest BCUT2D eigenvalue weighted by Gasteiger charge is -2.41. The number of hydrogen-bond donors (Lipinski definition) is 1. The van der Waals surface area contributed by atoms with Gasteiger partial charge in [-0.15, -0.1) is 0 Å². The number of para-hydroxylation sites is 1. The van der Waals surface area contributed by atoms with Crippen molar-refractivity contribution in [1.82, 2.24) is 0 Å². The molecule has 3 aliphatic rings. The van der Waals surface area contributed by atoms with E-state index < -0.39 is 27.2 Å². The maximum Gasteiger partial charge on any atom is 0.264 e. The average molecular weight is 548 g/mol. The van der Waals surface area contributed by atoms with Gasteiger partial charge in [-0.1, -0.05) is 12.1 Å². The molecule has 0 bridgehead atoms. The Kier molecular flexibility index (Phi) is 6.20. The summed E-state index contributed by atoms with van der Waals surface area (Å²) in [6.07, 6.45) is 3.58. The van der Waals surface area contributed by atoms with Crippen LogP contribution >= 0.6 is 11.8 Å². The van der Waals surface area contributed by atoms with Gasteiger partial charge < -0.3 is 5.32 Å². The maximum absolute atomic E-state index is 14.2. The van der Waals surface area contributed by atoms with Gasteiger partial charge >= 0.3 is 0 Å². The first-order valence-corrected chi connectivity index (χ1v) is 15.3. The number of carbonyl (C=O) groups is 1. The number of nitrogens with zero attached hydrogens (tertiary/aromatic N) is 2. The Hall–Kier alpha value is -3.35. The normalized spacial score (nSPS) is 20.1. The van der Waals surface area contributed by atoms with Gasteiger partial charge in [0.05, 0.1) is 33.9 Å². The van der Waals surface area contributed by atoms with Gasteiger partial charge in [0.15, 0.2) is 0 Å². The summed E-state index contributed by atoms with van der Waals surface area (Å²) in [5.74, 6) is 1.12. The molecule has 1 aliphatic carbocycles. The van der Waals surface area contributed by atoms with E-state index >= 15 is 0 Å². The first kappa shape index (κ1) is 25.0. The first-order valence-electron chi connectivity index (χ1n) is 12.7. The smallest absolute Gasteiger partial charge is 0.264 e. The van der Waals surface area contributed by atoms with E-state index in [9.17, 15) is 22.9 Å². The monoisotopic (exact) mass is 547 g/mol. The number of thioether (sulfide) groups is 1. The van der Waals surface area contributed by atoms with Crippen molar-refractivity contribution in [2.45, 2.75) is 42.0 Å². The van der Waals surface area contributed by atoms with Gasteiger partial charge in [-0.3, -0.25) is 9.10 Å². The van der Waals surface area contributed by atoms with Crippen LogP contribution in [-0.2, 0) is 15.4 Å². The van der Waals surface area contributed by atoms with Crippen molar-refractivity contribution in [3.63, 3.8) is 0 Å². The third-order valence-electron chi connectivity index (χ3n) is 7.97. The highest BCUT2D eigenvalue weighted by atomic mass is 32.2. The average Bonchev–Trinajstić information content (AvgIpc) is 3.74. The number of benzene rings is 3. The van der Waals surface area contributed by atoms with E-state index in [2.05, 4.69) is 5.32 Å². The molecule has 0 aromatic heterocycles. The van der Waals surface area contributed by atoms with E-state index in [4.69, 9.17) is 0 Å². The predicted molar refractivity (Wildman–Crippen MR) is 146 cm³/mol. The molecule has 1 spiro atoms. The van der Waals surface area contributed by atoms with Crippen LogP contribution in [0.15, 0.2) is 71.6 Å². The van der Waals surface area contributed by atoms with Crippen LogP contribution in [-0.4, -0.2) is 31.9 Å². The Morgan fingerprint density at radius 2 is 1.76 bits per heavy atom. The highest BCUT2D eigenvalue weighted by molar-refractivity contribution is 7.99. The molecule has 2 aliphatic heterocycles. The lowest BCUT2D eigenvalue weighted by atomic mass is 9.70. The van der Waals surface area contributed by atoms with Gasteiger partial charge in [-0.25, -0.2) is 12.8 Å². The molecule has 6 nitrogen and oxygen atoms in total. The van der Waals surface area contributed by atoms with Crippen molar-refractivity contribution in [2.24, 2.45) is 5.92 Å². The van der Waals surface area contributed by atoms with Crippen LogP contribution < -0.4 is 9.62 Å². The molecule has 2 fully saturated rings. The van der Waals surface area contributed by atoms with E-state index in [1.54, 1.807) is 28.6 Å². The van der Waals surface area contributed by atoms with Crippen LogP contribution in [0.3, 0.4) is 0 Å². The summed E-state index contributed by atoms with van der Waals surface area (Å²) in [7, 11) is -3.93. The van der Waals surface area contributed by atoms with Crippen molar-refractivity contribution < 1.29 is 17.6 Å². The number of carbonyl (C=O) groups excluding carboxylic acids is 1. The fourth-order valence-corrected chi connectivity index (χ4v) is 9.03. The summed E-state index contributed by atoms with van der Waals surface area (Å²) in [6.45, 7) is 0. The molecule has 1 N–H and O–H groups in total. The van der Waals surface area contributed by atoms with Crippen molar-refractivity contribution in [2.75, 3.05) is 21.1 Å². The number of fused-ring (bicyclic) bond motifs is 2. The molecule has 194 valence electrons. The molecule has 1 saturated carbocycles. The largest absolute Gasteiger partial charge is 0.319 e. The van der Waals surface area contributed by atoms with Crippen LogP contribution in [0.1, 0.15) is 47.2 Å². The van der Waals surface area contributed by atoms with Crippen molar-refractivity contribution in [1.29, 1.82) is 5.26 Å². The van der Waals surface area contributed by atoms with E-state index in [0.29, 0.717) is 16.8 Å². The molecule has 0 radical (unpaired) electrons. The highest BCUT2D eigenvalue weighted by Crippen LogP contribution is 2.59. The molecule has 2 heterocycles. The quantitative estimate of drug-likeness (QED) is 0.443. The summed E-state index contributed by atoms with van der Waals surface area (Å²) in [5, 5.41) is 11.8. The van der Waals surface area contributed by atoms with Crippen LogP contribution in [0.2, 0.25) is 0 Å². The Bertz CT molecular complexity index is 1560. The van der Waals surface area contributed by atoms with Gasteiger partial charge in [0.2, 0.25) is 0 Å². The van der Waals surface area contributed by atoms with Crippen LogP contribution in [0.4, 0.5) is 15.8 Å². The number of hydrogen-bond acceptors (Lipinski definition) is 5. The third-order valence-corrected chi connectivity index (χ3v) is 10.8. The molecule has 1 atom stereocenters. The van der Waals surface area contributed by atoms with Gasteiger partial charge in [0, 0.05) is 11.0 Å². The van der Waals surface area contributed by atoms with Crippen LogP contribution in [0.25, 0.3) is 0 Å². The lowest BCUT2D eigenvalue weighted by Crippen LogP contribution is -2.50. The van der Waals surface area contributed by atoms with E-state index in [-0.39, 0.29) is 22.5 Å². The van der Waals surface area contributed by atoms with Crippen molar-refractivity contribution >= 4 is 39.1 Å². The predicted octanol–water partition coefficient (Wildman–Crippen LogP) is 5.70. The van der Waals surface area contributed by atoms with Gasteiger partial charge in [0.25, 0.3) is 15.9 Å². The summed E-state index contributed by atoms with van der Waals surface area (Å²) in [5.41, 5.74) is 1.97. The minimum absolute atomic E-state index is 0.0997. The lowest BCUT2D eigenvalue weighted by molar-refractivity contribution is 0.102. The Morgan fingerprint density at radius 1 is 1.05 bits per heavy atom. The molecule has 38 heavy (non-hydrogen) atoms. The summed E-state index contributed by atoms with van der Waals surface area (Å²) < 4.78 is 44.2. The number of sulfonamides is 1. The summed E-state index contributed by atoms with van der Waals surface area (Å²) in [4.78, 5) is 13.3. The Morgan fingerprint density at radius 3 is 2.42 bits per heavy atom. The van der Waals surface area contributed by atoms with E-state index in [1.807, 2.05) is 23.9 Å². The summed E-state index contributed by atoms with van der Waals surface area (Å²) >= 11 is 1.87. The molecule has 6 rings (SSSR count). The molecular formula is C29H26FN3O3S2. The maximum atomic E-state index is 14.2. The standard InChI is InChI=1S/C29H26FN3O3S2/c30-24-3-1-2-4-25(24)32-28(34)21-9-12-26-23(17-21)29(13-15-37-16-14-29)27(20-7-8-20)33(26)38(35,36)22-10-5-19(18-31)6-11-22/h1-6,9-12,17,20,27H,7-8,13-16H2,(H,32,34). The van der Waals surface area contributed by atoms with Crippen molar-refractivity contribution in [3.05, 3.63) is 89.2 Å². The Labute approximate surface area is 225 Å². The second kappa shape index (κ2) is 9.44. The number of halogens is 1. The number of nitrogens with one attached hydrogen (secondary N) is 1. The summed E-state index contributed by atoms with van der Waals surface area (Å²) in [6, 6.07) is 19.1. The molecule has 1 amide bonds. The molecule has 1 unspecified atom stereocenters. The second-order valence-corrected chi connectivity index (χ2v) is 13.2. The minimum Gasteiger partial charge on any atom is -0.319 e. The Balaban J connectivity index is 1.46. The third kappa shape index (κ3) is 4.07. The van der Waals surface area contributed by atoms with Crippen molar-refractivity contribution in [3.8, 4) is 6.07 Å². The molecular weight excluding hydrogens is 521 g/mol. The van der Waals surface area contributed by atoms with Gasteiger partial charge in [-0.2, -0.15) is 17.0 Å². The number of rotatable bonds is 5. The molecule has 9 heteroatoms. The highest BCUT2D eigenvalue weighted by Gasteiger charge is 2.59. The molecule has 1 saturated heterocycles. The minimum atomic E-state index is -3.93. The van der Waals surface area contributed by atoms with Gasteiger partial charge in [0.1, 0.15) is 5.82 Å². The van der Waals surface area contributed by atoms with E-state index in [1.165, 1.54) is 36.4 Å². The SMILES string of the molecule is N#Cc1ccc(S(=O)(=O)N2c3ccc(C(=O)Nc4ccccc4F)cc3C3(CCSCC3)C2C2CC2)cc1. The van der Waals surface area contributed by atoms with Gasteiger partial charge in [-0.05, 0) is 103 Å². The number of amides is 1. The van der Waals surface area contributed by atoms with Crippen LogP contribution in [0, 0.1) is 23.1 Å². The topological polar surface area (TPSA) is 90.3 Å². The van der Waals surface area contributed by atoms with E-state index in [0.717, 1.165) is 42.8 Å². The molecule has 3 aromatic carbocycles.